The fourth-order valence-electron chi connectivity index (χ4n) is 1.97. The van der Waals surface area contributed by atoms with Crippen LogP contribution in [0.5, 0.6) is 0 Å². The molecule has 0 aromatic carbocycles. The van der Waals surface area contributed by atoms with Gasteiger partial charge in [-0.25, -0.2) is 4.98 Å². The van der Waals surface area contributed by atoms with Crippen molar-refractivity contribution in [1.29, 1.82) is 0 Å². The zero-order valence-electron chi connectivity index (χ0n) is 9.12. The molecule has 4 nitrogen and oxygen atoms in total. The second kappa shape index (κ2) is 3.69. The molecule has 2 heterocycles. The van der Waals surface area contributed by atoms with Crippen molar-refractivity contribution >= 4 is 0 Å². The van der Waals surface area contributed by atoms with Crippen LogP contribution in [0.2, 0.25) is 0 Å². The van der Waals surface area contributed by atoms with E-state index in [-0.39, 0.29) is 0 Å². The molecule has 1 atom stereocenters. The molecule has 1 N–H and O–H groups in total. The summed E-state index contributed by atoms with van der Waals surface area (Å²) in [7, 11) is 1.97. The van der Waals surface area contributed by atoms with Gasteiger partial charge in [0.25, 0.3) is 0 Å². The first kappa shape index (κ1) is 9.65. The van der Waals surface area contributed by atoms with Crippen LogP contribution in [-0.2, 0) is 7.05 Å². The third-order valence-electron chi connectivity index (χ3n) is 2.70. The first-order chi connectivity index (χ1) is 6.68. The number of nitrogens with one attached hydrogen (secondary N) is 1. The summed E-state index contributed by atoms with van der Waals surface area (Å²) in [5.74, 6) is 2.49. The lowest BCUT2D eigenvalue weighted by Crippen LogP contribution is -2.14. The highest BCUT2D eigenvalue weighted by Gasteiger charge is 2.22. The van der Waals surface area contributed by atoms with E-state index in [1.54, 1.807) is 0 Å². The van der Waals surface area contributed by atoms with E-state index in [9.17, 15) is 0 Å². The Kier molecular flexibility index (Phi) is 2.54. The van der Waals surface area contributed by atoms with Crippen LogP contribution in [-0.4, -0.2) is 21.3 Å². The third-order valence-corrected chi connectivity index (χ3v) is 2.70. The topological polar surface area (TPSA) is 42.7 Å². The average Bonchev–Trinajstić information content (AvgIpc) is 2.70. The Morgan fingerprint density at radius 1 is 1.50 bits per heavy atom. The number of nitrogens with zero attached hydrogens (tertiary/aromatic N) is 3. The van der Waals surface area contributed by atoms with E-state index < -0.39 is 0 Å². The molecule has 0 saturated carbocycles. The van der Waals surface area contributed by atoms with Crippen molar-refractivity contribution < 1.29 is 0 Å². The molecular formula is C10H18N4. The number of hydrogen-bond acceptors (Lipinski definition) is 3. The minimum atomic E-state index is 0.383. The minimum Gasteiger partial charge on any atom is -0.307 e. The molecule has 0 bridgehead atoms. The van der Waals surface area contributed by atoms with E-state index >= 15 is 0 Å². The Hall–Kier alpha value is -0.900. The Balaban J connectivity index is 2.22. The Morgan fingerprint density at radius 3 is 2.79 bits per heavy atom. The molecule has 0 radical (unpaired) electrons. The smallest absolute Gasteiger partial charge is 0.167 e. The number of hydrogen-bond donors (Lipinski definition) is 1. The van der Waals surface area contributed by atoms with Crippen LogP contribution < -0.4 is 5.32 Å². The predicted octanol–water partition coefficient (Wildman–Crippen LogP) is 1.36. The summed E-state index contributed by atoms with van der Waals surface area (Å²) in [6.45, 7) is 5.39. The van der Waals surface area contributed by atoms with Gasteiger partial charge in [0.2, 0.25) is 0 Å². The van der Waals surface area contributed by atoms with Crippen molar-refractivity contribution in [2.45, 2.75) is 38.6 Å². The molecule has 78 valence electrons. The Labute approximate surface area is 84.7 Å². The molecule has 1 fully saturated rings. The SMILES string of the molecule is CC(C)c1nc(C2CCCN2)nn1C. The second-order valence-electron chi connectivity index (χ2n) is 4.26. The third kappa shape index (κ3) is 1.66. The van der Waals surface area contributed by atoms with Crippen molar-refractivity contribution in [1.82, 2.24) is 20.1 Å². The fourth-order valence-corrected chi connectivity index (χ4v) is 1.97. The van der Waals surface area contributed by atoms with E-state index in [0.29, 0.717) is 12.0 Å². The van der Waals surface area contributed by atoms with E-state index in [0.717, 1.165) is 18.2 Å². The zero-order chi connectivity index (χ0) is 10.1. The quantitative estimate of drug-likeness (QED) is 0.773. The second-order valence-corrected chi connectivity index (χ2v) is 4.26. The molecule has 1 saturated heterocycles. The maximum absolute atomic E-state index is 4.58. The van der Waals surface area contributed by atoms with Gasteiger partial charge in [-0.05, 0) is 19.4 Å². The predicted molar refractivity (Wildman–Crippen MR) is 55.1 cm³/mol. The van der Waals surface area contributed by atoms with Gasteiger partial charge in [-0.15, -0.1) is 0 Å². The summed E-state index contributed by atoms with van der Waals surface area (Å²) in [5.41, 5.74) is 0. The van der Waals surface area contributed by atoms with Gasteiger partial charge in [-0.2, -0.15) is 5.10 Å². The molecule has 1 aromatic heterocycles. The highest BCUT2D eigenvalue weighted by atomic mass is 15.3. The van der Waals surface area contributed by atoms with Crippen molar-refractivity contribution in [3.63, 3.8) is 0 Å². The van der Waals surface area contributed by atoms with Gasteiger partial charge in [-0.1, -0.05) is 13.8 Å². The maximum Gasteiger partial charge on any atom is 0.167 e. The molecule has 0 amide bonds. The summed E-state index contributed by atoms with van der Waals surface area (Å²) in [6.07, 6.45) is 2.40. The molecule has 14 heavy (non-hydrogen) atoms. The van der Waals surface area contributed by atoms with E-state index in [2.05, 4.69) is 29.2 Å². The van der Waals surface area contributed by atoms with Crippen LogP contribution in [0.4, 0.5) is 0 Å². The van der Waals surface area contributed by atoms with Gasteiger partial charge in [-0.3, -0.25) is 4.68 Å². The Bertz CT molecular complexity index is 310. The molecule has 1 aliphatic rings. The van der Waals surface area contributed by atoms with Crippen LogP contribution in [0.3, 0.4) is 0 Å². The maximum atomic E-state index is 4.58. The summed E-state index contributed by atoms with van der Waals surface area (Å²) in [4.78, 5) is 4.58. The lowest BCUT2D eigenvalue weighted by atomic mass is 10.2. The molecule has 0 spiro atoms. The molecular weight excluding hydrogens is 176 g/mol. The van der Waals surface area contributed by atoms with E-state index in [1.807, 2.05) is 11.7 Å². The molecule has 1 aliphatic heterocycles. The summed E-state index contributed by atoms with van der Waals surface area (Å²) < 4.78 is 1.90. The van der Waals surface area contributed by atoms with E-state index in [4.69, 9.17) is 0 Å². The lowest BCUT2D eigenvalue weighted by Gasteiger charge is -2.03. The highest BCUT2D eigenvalue weighted by molar-refractivity contribution is 5.02. The van der Waals surface area contributed by atoms with Gasteiger partial charge in [0.05, 0.1) is 6.04 Å². The summed E-state index contributed by atoms with van der Waals surface area (Å²) in [5, 5.41) is 7.87. The molecule has 1 unspecified atom stereocenters. The standard InChI is InChI=1S/C10H18N4/c1-7(2)10-12-9(13-14(10)3)8-5-4-6-11-8/h7-8,11H,4-6H2,1-3H3. The highest BCUT2D eigenvalue weighted by Crippen LogP contribution is 2.21. The normalized spacial score (nSPS) is 22.1. The van der Waals surface area contributed by atoms with Crippen LogP contribution in [0, 0.1) is 0 Å². The van der Waals surface area contributed by atoms with Crippen LogP contribution in [0.25, 0.3) is 0 Å². The lowest BCUT2D eigenvalue weighted by molar-refractivity contribution is 0.593. The molecule has 4 heteroatoms. The summed E-state index contributed by atoms with van der Waals surface area (Å²) in [6, 6.07) is 0.383. The van der Waals surface area contributed by atoms with Gasteiger partial charge in [0, 0.05) is 13.0 Å². The molecule has 1 aromatic rings. The largest absolute Gasteiger partial charge is 0.307 e. The number of rotatable bonds is 2. The number of aryl methyl sites for hydroxylation is 1. The van der Waals surface area contributed by atoms with E-state index in [1.165, 1.54) is 12.8 Å². The first-order valence-electron chi connectivity index (χ1n) is 5.32. The fraction of sp³-hybridized carbons (Fsp3) is 0.800. The molecule has 2 rings (SSSR count). The van der Waals surface area contributed by atoms with Gasteiger partial charge < -0.3 is 5.32 Å². The van der Waals surface area contributed by atoms with Crippen LogP contribution in [0.1, 0.15) is 50.3 Å². The average molecular weight is 194 g/mol. The van der Waals surface area contributed by atoms with Crippen molar-refractivity contribution in [2.75, 3.05) is 6.54 Å². The van der Waals surface area contributed by atoms with Crippen molar-refractivity contribution in [3.05, 3.63) is 11.6 Å². The number of aromatic nitrogens is 3. The van der Waals surface area contributed by atoms with Crippen molar-refractivity contribution in [3.8, 4) is 0 Å². The zero-order valence-corrected chi connectivity index (χ0v) is 9.12. The first-order valence-corrected chi connectivity index (χ1v) is 5.32. The molecule has 0 aliphatic carbocycles. The Morgan fingerprint density at radius 2 is 2.29 bits per heavy atom. The monoisotopic (exact) mass is 194 g/mol. The van der Waals surface area contributed by atoms with Crippen LogP contribution in [0.15, 0.2) is 0 Å². The van der Waals surface area contributed by atoms with Gasteiger partial charge in [0.1, 0.15) is 5.82 Å². The van der Waals surface area contributed by atoms with Gasteiger partial charge >= 0.3 is 0 Å². The minimum absolute atomic E-state index is 0.383. The van der Waals surface area contributed by atoms with Gasteiger partial charge in [0.15, 0.2) is 5.82 Å². The van der Waals surface area contributed by atoms with Crippen molar-refractivity contribution in [2.24, 2.45) is 7.05 Å². The van der Waals surface area contributed by atoms with Crippen LogP contribution >= 0.6 is 0 Å². The summed E-state index contributed by atoms with van der Waals surface area (Å²) >= 11 is 0.